The molecule has 0 radical (unpaired) electrons. The average molecular weight is 565 g/mol. The summed E-state index contributed by atoms with van der Waals surface area (Å²) in [6.45, 7) is 0. The molecule has 2 heterocycles. The van der Waals surface area contributed by atoms with Gasteiger partial charge in [-0.2, -0.15) is 0 Å². The van der Waals surface area contributed by atoms with E-state index in [-0.39, 0.29) is 12.3 Å². The molecule has 184 valence electrons. The molecule has 6 nitrogen and oxygen atoms in total. The van der Waals surface area contributed by atoms with Crippen molar-refractivity contribution in [2.24, 2.45) is 0 Å². The first-order valence-corrected chi connectivity index (χ1v) is 13.9. The molecular formula is C27H19Cl2N5OS2. The van der Waals surface area contributed by atoms with Crippen molar-refractivity contribution in [2.75, 3.05) is 11.1 Å². The molecule has 0 unspecified atom stereocenters. The van der Waals surface area contributed by atoms with Crippen molar-refractivity contribution in [3.63, 3.8) is 0 Å². The fraction of sp³-hybridized carbons (Fsp3) is 0.0741. The minimum Gasteiger partial charge on any atom is -0.302 e. The van der Waals surface area contributed by atoms with Gasteiger partial charge in [0.2, 0.25) is 11.1 Å². The molecule has 10 heteroatoms. The molecule has 0 aliphatic carbocycles. The molecular weight excluding hydrogens is 545 g/mol. The molecule has 1 amide bonds. The fourth-order valence-electron chi connectivity index (χ4n) is 3.50. The average Bonchev–Trinajstić information content (AvgIpc) is 3.39. The van der Waals surface area contributed by atoms with E-state index in [0.29, 0.717) is 26.1 Å². The minimum absolute atomic E-state index is 0.139. The second-order valence-corrected chi connectivity index (χ2v) is 10.6. The van der Waals surface area contributed by atoms with Gasteiger partial charge >= 0.3 is 0 Å². The first kappa shape index (κ1) is 25.4. The van der Waals surface area contributed by atoms with Crippen LogP contribution in [0.25, 0.3) is 33.8 Å². The summed E-state index contributed by atoms with van der Waals surface area (Å²) in [5, 5.41) is 15.5. The number of nitrogens with one attached hydrogen (secondary N) is 1. The molecule has 0 fully saturated rings. The Hall–Kier alpha value is -3.30. The molecule has 5 rings (SSSR count). The van der Waals surface area contributed by atoms with Crippen LogP contribution in [0.3, 0.4) is 0 Å². The Morgan fingerprint density at radius 2 is 1.51 bits per heavy atom. The van der Waals surface area contributed by atoms with Crippen molar-refractivity contribution in [3.05, 3.63) is 94.3 Å². The van der Waals surface area contributed by atoms with Crippen LogP contribution in [0.1, 0.15) is 6.42 Å². The summed E-state index contributed by atoms with van der Waals surface area (Å²) in [5.41, 5.74) is 4.93. The molecule has 5 aromatic rings. The third-order valence-corrected chi connectivity index (χ3v) is 7.62. The molecule has 0 aliphatic heterocycles. The van der Waals surface area contributed by atoms with Crippen LogP contribution < -0.4 is 5.32 Å². The van der Waals surface area contributed by atoms with Crippen LogP contribution >= 0.6 is 46.3 Å². The maximum Gasteiger partial charge on any atom is 0.226 e. The highest BCUT2D eigenvalue weighted by Crippen LogP contribution is 2.31. The summed E-state index contributed by atoms with van der Waals surface area (Å²) in [5.74, 6) is 0.358. The lowest BCUT2D eigenvalue weighted by atomic mass is 10.0. The van der Waals surface area contributed by atoms with Crippen molar-refractivity contribution < 1.29 is 4.79 Å². The van der Waals surface area contributed by atoms with Gasteiger partial charge in [0.1, 0.15) is 11.4 Å². The van der Waals surface area contributed by atoms with E-state index < -0.39 is 0 Å². The van der Waals surface area contributed by atoms with E-state index in [1.807, 2.05) is 72.1 Å². The predicted molar refractivity (Wildman–Crippen MR) is 152 cm³/mol. The number of halogens is 2. The number of carbonyl (C=O) groups is 1. The lowest BCUT2D eigenvalue weighted by Crippen LogP contribution is -2.12. The number of rotatable bonds is 8. The lowest BCUT2D eigenvalue weighted by molar-refractivity contribution is -0.115. The molecule has 0 saturated carbocycles. The molecule has 0 bridgehead atoms. The standard InChI is InChI=1S/C27H19Cl2N5OS2/c28-20-12-11-19(15-21(20)29)22-16-37-26(30-22)31-23(35)13-14-36-27-32-24(17-7-3-1-4-8-17)25(33-34-27)18-9-5-2-6-10-18/h1-12,15-16H,13-14H2,(H,30,31,35). The van der Waals surface area contributed by atoms with Crippen LogP contribution in [0.2, 0.25) is 10.0 Å². The van der Waals surface area contributed by atoms with Gasteiger partial charge in [-0.15, -0.1) is 21.5 Å². The Morgan fingerprint density at radius 1 is 0.811 bits per heavy atom. The van der Waals surface area contributed by atoms with E-state index in [1.54, 1.807) is 12.1 Å². The zero-order valence-corrected chi connectivity index (χ0v) is 22.4. The summed E-state index contributed by atoms with van der Waals surface area (Å²) in [7, 11) is 0. The van der Waals surface area contributed by atoms with Crippen molar-refractivity contribution >= 4 is 57.3 Å². The van der Waals surface area contributed by atoms with Gasteiger partial charge in [-0.25, -0.2) is 9.97 Å². The first-order valence-electron chi connectivity index (χ1n) is 11.3. The van der Waals surface area contributed by atoms with Crippen LogP contribution in [0.5, 0.6) is 0 Å². The quantitative estimate of drug-likeness (QED) is 0.194. The van der Waals surface area contributed by atoms with Crippen LogP contribution in [0.4, 0.5) is 5.13 Å². The molecule has 0 aliphatic rings. The Balaban J connectivity index is 1.23. The Morgan fingerprint density at radius 3 is 2.22 bits per heavy atom. The lowest BCUT2D eigenvalue weighted by Gasteiger charge is -2.09. The zero-order valence-electron chi connectivity index (χ0n) is 19.3. The van der Waals surface area contributed by atoms with E-state index in [4.69, 9.17) is 28.2 Å². The number of nitrogens with zero attached hydrogens (tertiary/aromatic N) is 4. The summed E-state index contributed by atoms with van der Waals surface area (Å²) >= 11 is 14.8. The Labute approximate surface area is 232 Å². The fourth-order valence-corrected chi connectivity index (χ4v) is 5.25. The Bertz CT molecular complexity index is 1530. The van der Waals surface area contributed by atoms with Crippen LogP contribution in [-0.4, -0.2) is 31.8 Å². The highest BCUT2D eigenvalue weighted by atomic mass is 35.5. The van der Waals surface area contributed by atoms with Gasteiger partial charge in [0.15, 0.2) is 5.13 Å². The highest BCUT2D eigenvalue weighted by Gasteiger charge is 2.15. The summed E-state index contributed by atoms with van der Waals surface area (Å²) in [6.07, 6.45) is 0.275. The molecule has 1 N–H and O–H groups in total. The molecule has 37 heavy (non-hydrogen) atoms. The van der Waals surface area contributed by atoms with E-state index >= 15 is 0 Å². The van der Waals surface area contributed by atoms with Crippen LogP contribution in [-0.2, 0) is 4.79 Å². The largest absolute Gasteiger partial charge is 0.302 e. The van der Waals surface area contributed by atoms with Gasteiger partial charge in [-0.3, -0.25) is 4.79 Å². The second kappa shape index (κ2) is 11.8. The number of thioether (sulfide) groups is 1. The van der Waals surface area contributed by atoms with E-state index in [1.165, 1.54) is 23.1 Å². The second-order valence-electron chi connectivity index (χ2n) is 7.84. The van der Waals surface area contributed by atoms with Crippen molar-refractivity contribution in [1.82, 2.24) is 20.2 Å². The maximum atomic E-state index is 12.5. The topological polar surface area (TPSA) is 80.7 Å². The number of benzene rings is 3. The van der Waals surface area contributed by atoms with Crippen molar-refractivity contribution in [2.45, 2.75) is 11.6 Å². The minimum atomic E-state index is -0.139. The zero-order chi connectivity index (χ0) is 25.6. The van der Waals surface area contributed by atoms with Gasteiger partial charge in [0.25, 0.3) is 0 Å². The van der Waals surface area contributed by atoms with Gasteiger partial charge in [0, 0.05) is 34.2 Å². The van der Waals surface area contributed by atoms with E-state index in [9.17, 15) is 4.79 Å². The number of aromatic nitrogens is 4. The maximum absolute atomic E-state index is 12.5. The number of carbonyl (C=O) groups excluding carboxylic acids is 1. The normalized spacial score (nSPS) is 10.9. The van der Waals surface area contributed by atoms with Crippen LogP contribution in [0.15, 0.2) is 89.4 Å². The molecule has 2 aromatic heterocycles. The molecule has 0 spiro atoms. The van der Waals surface area contributed by atoms with Gasteiger partial charge in [-0.05, 0) is 12.1 Å². The van der Waals surface area contributed by atoms with Gasteiger partial charge in [0.05, 0.1) is 15.7 Å². The molecule has 0 atom stereocenters. The third-order valence-electron chi connectivity index (χ3n) is 5.29. The van der Waals surface area contributed by atoms with Crippen LogP contribution in [0, 0.1) is 0 Å². The molecule has 3 aromatic carbocycles. The summed E-state index contributed by atoms with van der Waals surface area (Å²) < 4.78 is 0. The first-order chi connectivity index (χ1) is 18.1. The summed E-state index contributed by atoms with van der Waals surface area (Å²) in [4.78, 5) is 21.8. The van der Waals surface area contributed by atoms with Crippen molar-refractivity contribution in [3.8, 4) is 33.8 Å². The number of hydrogen-bond donors (Lipinski definition) is 1. The van der Waals surface area contributed by atoms with E-state index in [2.05, 4.69) is 20.5 Å². The monoisotopic (exact) mass is 563 g/mol. The Kier molecular flexibility index (Phi) is 8.11. The van der Waals surface area contributed by atoms with Crippen molar-refractivity contribution in [1.29, 1.82) is 0 Å². The predicted octanol–water partition coefficient (Wildman–Crippen LogP) is 7.76. The number of thiazole rings is 1. The summed E-state index contributed by atoms with van der Waals surface area (Å²) in [6, 6.07) is 25.1. The van der Waals surface area contributed by atoms with Gasteiger partial charge in [-0.1, -0.05) is 102 Å². The smallest absolute Gasteiger partial charge is 0.226 e. The van der Waals surface area contributed by atoms with E-state index in [0.717, 1.165) is 33.8 Å². The number of anilines is 1. The number of hydrogen-bond acceptors (Lipinski definition) is 7. The van der Waals surface area contributed by atoms with Gasteiger partial charge < -0.3 is 5.32 Å². The third kappa shape index (κ3) is 6.34. The highest BCUT2D eigenvalue weighted by molar-refractivity contribution is 7.99. The SMILES string of the molecule is O=C(CCSc1nnc(-c2ccccc2)c(-c2ccccc2)n1)Nc1nc(-c2ccc(Cl)c(Cl)c2)cs1. The molecule has 0 saturated heterocycles. The number of amides is 1.